The molecule has 0 atom stereocenters. The molecule has 0 aliphatic rings. The molecule has 0 fully saturated rings. The zero-order valence-corrected chi connectivity index (χ0v) is 21.6. The molecule has 200 valence electrons. The van der Waals surface area contributed by atoms with Crippen LogP contribution < -0.4 is 4.74 Å². The first-order valence-electron chi connectivity index (χ1n) is 12.4. The molecule has 0 bridgehead atoms. The Morgan fingerprint density at radius 2 is 1.72 bits per heavy atom. The maximum Gasteiger partial charge on any atom is 0.416 e. The molecule has 5 nitrogen and oxygen atoms in total. The Morgan fingerprint density at radius 3 is 2.44 bits per heavy atom. The highest BCUT2D eigenvalue weighted by molar-refractivity contribution is 7.15. The van der Waals surface area contributed by atoms with E-state index in [0.717, 1.165) is 40.0 Å². The van der Waals surface area contributed by atoms with Gasteiger partial charge in [-0.3, -0.25) is 4.79 Å². The van der Waals surface area contributed by atoms with Gasteiger partial charge in [-0.25, -0.2) is 4.98 Å². The molecule has 5 rings (SSSR count). The average Bonchev–Trinajstić information content (AvgIpc) is 3.51. The third kappa shape index (κ3) is 6.49. The van der Waals surface area contributed by atoms with E-state index >= 15 is 0 Å². The van der Waals surface area contributed by atoms with Crippen LogP contribution in [0.1, 0.15) is 21.7 Å². The maximum absolute atomic E-state index is 13.0. The van der Waals surface area contributed by atoms with Gasteiger partial charge in [-0.1, -0.05) is 42.5 Å². The molecule has 39 heavy (non-hydrogen) atoms. The van der Waals surface area contributed by atoms with Crippen LogP contribution in [0.4, 0.5) is 13.2 Å². The molecule has 0 spiro atoms. The number of carboxylic acid groups (broad SMARTS) is 1. The second-order valence-electron chi connectivity index (χ2n) is 9.11. The fraction of sp³-hybridized carbons (Fsp3) is 0.200. The summed E-state index contributed by atoms with van der Waals surface area (Å²) in [5, 5.41) is 10.6. The van der Waals surface area contributed by atoms with Crippen molar-refractivity contribution in [2.24, 2.45) is 0 Å². The van der Waals surface area contributed by atoms with Gasteiger partial charge in [-0.2, -0.15) is 13.2 Å². The first kappa shape index (κ1) is 26.5. The van der Waals surface area contributed by atoms with Gasteiger partial charge in [0.2, 0.25) is 0 Å². The van der Waals surface area contributed by atoms with Gasteiger partial charge in [0.15, 0.2) is 0 Å². The van der Waals surface area contributed by atoms with Crippen molar-refractivity contribution in [2.75, 3.05) is 6.61 Å². The zero-order chi connectivity index (χ0) is 27.4. The fourth-order valence-corrected chi connectivity index (χ4v) is 5.51. The predicted molar refractivity (Wildman–Crippen MR) is 145 cm³/mol. The van der Waals surface area contributed by atoms with Gasteiger partial charge in [-0.15, -0.1) is 11.3 Å². The van der Waals surface area contributed by atoms with Crippen LogP contribution in [0.15, 0.2) is 85.1 Å². The summed E-state index contributed by atoms with van der Waals surface area (Å²) in [6, 6.07) is 22.6. The van der Waals surface area contributed by atoms with Crippen LogP contribution in [0, 0.1) is 0 Å². The number of aliphatic carboxylic acids is 1. The number of aromatic nitrogens is 2. The summed E-state index contributed by atoms with van der Waals surface area (Å²) >= 11 is 1.48. The first-order valence-corrected chi connectivity index (χ1v) is 13.2. The molecule has 2 aromatic heterocycles. The molecule has 0 amide bonds. The van der Waals surface area contributed by atoms with Crippen molar-refractivity contribution in [1.82, 2.24) is 9.55 Å². The maximum atomic E-state index is 13.0. The molecule has 2 heterocycles. The number of hydrogen-bond acceptors (Lipinski definition) is 4. The Hall–Kier alpha value is -4.11. The van der Waals surface area contributed by atoms with Crippen molar-refractivity contribution < 1.29 is 27.8 Å². The van der Waals surface area contributed by atoms with Crippen LogP contribution in [-0.2, 0) is 36.8 Å². The van der Waals surface area contributed by atoms with E-state index < -0.39 is 17.7 Å². The zero-order valence-electron chi connectivity index (χ0n) is 20.8. The van der Waals surface area contributed by atoms with E-state index in [1.54, 1.807) is 10.8 Å². The van der Waals surface area contributed by atoms with E-state index in [1.165, 1.54) is 29.0 Å². The first-order chi connectivity index (χ1) is 18.8. The lowest BCUT2D eigenvalue weighted by molar-refractivity contribution is -0.138. The quantitative estimate of drug-likeness (QED) is 0.199. The molecule has 0 saturated carbocycles. The lowest BCUT2D eigenvalue weighted by atomic mass is 10.1. The fourth-order valence-electron chi connectivity index (χ4n) is 4.42. The molecule has 3 aromatic carbocycles. The molecular weight excluding hydrogens is 525 g/mol. The third-order valence-electron chi connectivity index (χ3n) is 6.38. The van der Waals surface area contributed by atoms with E-state index in [1.807, 2.05) is 42.5 Å². The summed E-state index contributed by atoms with van der Waals surface area (Å²) in [4.78, 5) is 16.9. The van der Waals surface area contributed by atoms with E-state index in [-0.39, 0.29) is 6.54 Å². The van der Waals surface area contributed by atoms with Gasteiger partial charge >= 0.3 is 12.1 Å². The van der Waals surface area contributed by atoms with Crippen LogP contribution in [0.5, 0.6) is 5.75 Å². The molecule has 9 heteroatoms. The Labute approximate surface area is 227 Å². The van der Waals surface area contributed by atoms with Crippen LogP contribution in [0.25, 0.3) is 21.5 Å². The highest BCUT2D eigenvalue weighted by Gasteiger charge is 2.30. The summed E-state index contributed by atoms with van der Waals surface area (Å²) < 4.78 is 46.7. The summed E-state index contributed by atoms with van der Waals surface area (Å²) in [5.74, 6) is -0.231. The SMILES string of the molecule is O=C(O)Cn1ccc2cc(OCCc3sc(-c4ccc(C(F)(F)F)cc4)nc3CCc3ccccc3)ccc21. The monoisotopic (exact) mass is 550 g/mol. The summed E-state index contributed by atoms with van der Waals surface area (Å²) in [5.41, 5.74) is 2.89. The van der Waals surface area contributed by atoms with Crippen molar-refractivity contribution in [1.29, 1.82) is 0 Å². The molecule has 0 saturated heterocycles. The minimum atomic E-state index is -4.38. The van der Waals surface area contributed by atoms with Crippen molar-refractivity contribution >= 4 is 28.2 Å². The molecule has 1 N–H and O–H groups in total. The third-order valence-corrected chi connectivity index (χ3v) is 7.58. The van der Waals surface area contributed by atoms with Gasteiger partial charge in [-0.05, 0) is 54.8 Å². The van der Waals surface area contributed by atoms with E-state index in [4.69, 9.17) is 14.8 Å². The molecule has 0 aliphatic carbocycles. The van der Waals surface area contributed by atoms with Crippen LogP contribution in [-0.4, -0.2) is 27.2 Å². The summed E-state index contributed by atoms with van der Waals surface area (Å²) in [6.45, 7) is 0.288. The molecular formula is C30H25F3N2O3S. The topological polar surface area (TPSA) is 64.3 Å². The highest BCUT2D eigenvalue weighted by atomic mass is 32.1. The number of rotatable bonds is 10. The number of hydrogen-bond donors (Lipinski definition) is 1. The van der Waals surface area contributed by atoms with Gasteiger partial charge in [0.05, 0.1) is 17.9 Å². The molecule has 0 aliphatic heterocycles. The Kier molecular flexibility index (Phi) is 7.70. The molecule has 0 unspecified atom stereocenters. The van der Waals surface area contributed by atoms with E-state index in [0.29, 0.717) is 35.8 Å². The lowest BCUT2D eigenvalue weighted by Gasteiger charge is -2.08. The average molecular weight is 551 g/mol. The second kappa shape index (κ2) is 11.3. The van der Waals surface area contributed by atoms with Gasteiger partial charge < -0.3 is 14.4 Å². The van der Waals surface area contributed by atoms with E-state index in [2.05, 4.69) is 12.1 Å². The van der Waals surface area contributed by atoms with E-state index in [9.17, 15) is 18.0 Å². The predicted octanol–water partition coefficient (Wildman–Crippen LogP) is 7.27. The second-order valence-corrected chi connectivity index (χ2v) is 10.2. The van der Waals surface area contributed by atoms with Crippen LogP contribution in [0.2, 0.25) is 0 Å². The van der Waals surface area contributed by atoms with Crippen LogP contribution in [0.3, 0.4) is 0 Å². The van der Waals surface area contributed by atoms with Gasteiger partial charge in [0, 0.05) is 34.0 Å². The molecule has 5 aromatic rings. The number of fused-ring (bicyclic) bond motifs is 1. The van der Waals surface area contributed by atoms with Crippen molar-refractivity contribution in [3.8, 4) is 16.3 Å². The number of alkyl halides is 3. The normalized spacial score (nSPS) is 11.7. The minimum absolute atomic E-state index is 0.109. The number of carbonyl (C=O) groups is 1. The summed E-state index contributed by atoms with van der Waals surface area (Å²) in [6.07, 6.45) is -0.538. The number of ether oxygens (including phenoxy) is 1. The number of benzene rings is 3. The Bertz CT molecular complexity index is 1580. The van der Waals surface area contributed by atoms with Gasteiger partial charge in [0.1, 0.15) is 17.3 Å². The summed E-state index contributed by atoms with van der Waals surface area (Å²) in [7, 11) is 0. The number of thiazole rings is 1. The number of halogens is 3. The smallest absolute Gasteiger partial charge is 0.416 e. The molecule has 0 radical (unpaired) electrons. The minimum Gasteiger partial charge on any atom is -0.493 e. The van der Waals surface area contributed by atoms with Gasteiger partial charge in [0.25, 0.3) is 0 Å². The lowest BCUT2D eigenvalue weighted by Crippen LogP contribution is -2.07. The number of carboxylic acids is 1. The largest absolute Gasteiger partial charge is 0.493 e. The highest BCUT2D eigenvalue weighted by Crippen LogP contribution is 2.34. The standard InChI is InChI=1S/C30H25F3N2O3S/c31-30(32,33)23-9-7-21(8-10-23)29-34-25(12-6-20-4-2-1-3-5-20)27(39-29)15-17-38-24-11-13-26-22(18-24)14-16-35(26)19-28(36)37/h1-5,7-11,13-14,16,18H,6,12,15,17,19H2,(H,36,37). The Morgan fingerprint density at radius 1 is 0.949 bits per heavy atom. The van der Waals surface area contributed by atoms with Crippen molar-refractivity contribution in [3.05, 3.63) is 107 Å². The van der Waals surface area contributed by atoms with Crippen LogP contribution >= 0.6 is 11.3 Å². The Balaban J connectivity index is 1.32. The van der Waals surface area contributed by atoms with Crippen molar-refractivity contribution in [2.45, 2.75) is 32.0 Å². The van der Waals surface area contributed by atoms with Crippen molar-refractivity contribution in [3.63, 3.8) is 0 Å². The number of nitrogens with zero attached hydrogens (tertiary/aromatic N) is 2. The number of aryl methyl sites for hydroxylation is 2.